The Bertz CT molecular complexity index is 1110. The van der Waals surface area contributed by atoms with Crippen molar-refractivity contribution in [1.29, 1.82) is 0 Å². The smallest absolute Gasteiger partial charge is 0.415 e. The summed E-state index contributed by atoms with van der Waals surface area (Å²) in [4.78, 5) is 30.7. The van der Waals surface area contributed by atoms with E-state index in [0.29, 0.717) is 49.1 Å². The highest BCUT2D eigenvalue weighted by atomic mass is 16.6. The number of benzene rings is 2. The van der Waals surface area contributed by atoms with Crippen molar-refractivity contribution in [1.82, 2.24) is 15.1 Å². The van der Waals surface area contributed by atoms with Gasteiger partial charge in [0.05, 0.1) is 13.7 Å². The lowest BCUT2D eigenvalue weighted by Crippen LogP contribution is -2.45. The number of carbonyl (C=O) groups is 2. The van der Waals surface area contributed by atoms with E-state index < -0.39 is 0 Å². The van der Waals surface area contributed by atoms with Crippen molar-refractivity contribution in [3.8, 4) is 17.2 Å². The van der Waals surface area contributed by atoms with Crippen molar-refractivity contribution in [2.45, 2.75) is 45.2 Å². The molecule has 0 radical (unpaired) electrons. The molecule has 2 aromatic rings. The number of carbonyl (C=O) groups excluding carboxylic acids is 2. The van der Waals surface area contributed by atoms with E-state index in [4.69, 9.17) is 18.9 Å². The van der Waals surface area contributed by atoms with Gasteiger partial charge in [0.1, 0.15) is 5.75 Å². The molecular formula is C31H43N3O6. The predicted molar refractivity (Wildman–Crippen MR) is 153 cm³/mol. The molecule has 9 nitrogen and oxygen atoms in total. The van der Waals surface area contributed by atoms with Crippen LogP contribution < -0.4 is 19.5 Å². The minimum Gasteiger partial charge on any atom is -0.493 e. The van der Waals surface area contributed by atoms with Gasteiger partial charge in [-0.15, -0.1) is 0 Å². The van der Waals surface area contributed by atoms with E-state index in [1.807, 2.05) is 41.8 Å². The Hall–Kier alpha value is -3.30. The van der Waals surface area contributed by atoms with Gasteiger partial charge in [-0.05, 0) is 68.9 Å². The summed E-state index contributed by atoms with van der Waals surface area (Å²) < 4.78 is 22.2. The molecule has 1 aliphatic carbocycles. The zero-order valence-electron chi connectivity index (χ0n) is 24.1. The Balaban J connectivity index is 1.43. The first-order chi connectivity index (χ1) is 19.4. The minimum atomic E-state index is -0.299. The van der Waals surface area contributed by atoms with Crippen LogP contribution in [0.3, 0.4) is 0 Å². The molecule has 0 aromatic heterocycles. The zero-order chi connectivity index (χ0) is 28.5. The van der Waals surface area contributed by atoms with Crippen molar-refractivity contribution < 1.29 is 28.5 Å². The van der Waals surface area contributed by atoms with Crippen molar-refractivity contribution in [2.24, 2.45) is 11.8 Å². The van der Waals surface area contributed by atoms with Crippen molar-refractivity contribution in [3.63, 3.8) is 0 Å². The SMILES string of the molecule is COCCCOc1cc(C(=O)N(C[C@H]2CNC[C@H]2CN(C(=O)Oc2ccccc2)C2CC2)C(C)C)ccc1OC. The van der Waals surface area contributed by atoms with Crippen molar-refractivity contribution in [3.05, 3.63) is 54.1 Å². The maximum atomic E-state index is 13.8. The third-order valence-electron chi connectivity index (χ3n) is 7.56. The van der Waals surface area contributed by atoms with Crippen LogP contribution in [0.1, 0.15) is 43.5 Å². The molecule has 1 saturated heterocycles. The second kappa shape index (κ2) is 14.4. The van der Waals surface area contributed by atoms with Gasteiger partial charge in [0.2, 0.25) is 0 Å². The topological polar surface area (TPSA) is 89.6 Å². The fraction of sp³-hybridized carbons (Fsp3) is 0.548. The summed E-state index contributed by atoms with van der Waals surface area (Å²) in [6.07, 6.45) is 2.44. The highest BCUT2D eigenvalue weighted by Crippen LogP contribution is 2.32. The molecule has 2 atom stereocenters. The molecule has 2 fully saturated rings. The number of para-hydroxylation sites is 1. The van der Waals surface area contributed by atoms with Gasteiger partial charge < -0.3 is 34.1 Å². The van der Waals surface area contributed by atoms with Crippen molar-refractivity contribution >= 4 is 12.0 Å². The molecule has 0 spiro atoms. The van der Waals surface area contributed by atoms with E-state index in [-0.39, 0.29) is 35.9 Å². The molecule has 2 aliphatic rings. The number of ether oxygens (including phenoxy) is 4. The van der Waals surface area contributed by atoms with E-state index in [1.165, 1.54) is 0 Å². The third-order valence-corrected chi connectivity index (χ3v) is 7.56. The van der Waals surface area contributed by atoms with Gasteiger partial charge in [0.15, 0.2) is 11.5 Å². The van der Waals surface area contributed by atoms with E-state index in [9.17, 15) is 9.59 Å². The first kappa shape index (κ1) is 29.7. The van der Waals surface area contributed by atoms with Gasteiger partial charge in [-0.2, -0.15) is 0 Å². The summed E-state index contributed by atoms with van der Waals surface area (Å²) in [6, 6.07) is 14.8. The standard InChI is InChI=1S/C31H43N3O6/c1-22(2)33(30(35)23-11-14-28(38-4)29(17-23)39-16-8-15-37-3)20-24-18-32-19-25(24)21-34(26-12-13-26)31(36)40-27-9-6-5-7-10-27/h5-7,9-11,14,17,22,24-26,32H,8,12-13,15-16,18-21H2,1-4H3/t24-,25+/m1/s1. The average Bonchev–Trinajstić information content (AvgIpc) is 3.71. The van der Waals surface area contributed by atoms with Gasteiger partial charge in [-0.3, -0.25) is 4.79 Å². The average molecular weight is 554 g/mol. The van der Waals surface area contributed by atoms with E-state index >= 15 is 0 Å². The minimum absolute atomic E-state index is 0.00417. The highest BCUT2D eigenvalue weighted by molar-refractivity contribution is 5.95. The number of nitrogens with one attached hydrogen (secondary N) is 1. The molecule has 9 heteroatoms. The van der Waals surface area contributed by atoms with Crippen LogP contribution in [0.2, 0.25) is 0 Å². The molecule has 218 valence electrons. The van der Waals surface area contributed by atoms with Gasteiger partial charge in [0.25, 0.3) is 5.91 Å². The van der Waals surface area contributed by atoms with Crippen LogP contribution in [0.5, 0.6) is 17.2 Å². The highest BCUT2D eigenvalue weighted by Gasteiger charge is 2.39. The normalized spacial score (nSPS) is 18.4. The summed E-state index contributed by atoms with van der Waals surface area (Å²) in [5, 5.41) is 3.49. The number of hydrogen-bond acceptors (Lipinski definition) is 7. The maximum Gasteiger partial charge on any atom is 0.415 e. The van der Waals surface area contributed by atoms with Crippen LogP contribution >= 0.6 is 0 Å². The van der Waals surface area contributed by atoms with Crippen LogP contribution in [0.4, 0.5) is 4.79 Å². The Morgan fingerprint density at radius 2 is 1.68 bits per heavy atom. The van der Waals surface area contributed by atoms with Crippen LogP contribution in [-0.2, 0) is 4.74 Å². The lowest BCUT2D eigenvalue weighted by atomic mass is 9.94. The Morgan fingerprint density at radius 3 is 2.33 bits per heavy atom. The van der Waals surface area contributed by atoms with E-state index in [1.54, 1.807) is 44.6 Å². The van der Waals surface area contributed by atoms with Crippen LogP contribution in [-0.4, -0.2) is 87.5 Å². The summed E-state index contributed by atoms with van der Waals surface area (Å²) in [6.45, 7) is 7.94. The molecule has 2 aromatic carbocycles. The van der Waals surface area contributed by atoms with Crippen LogP contribution in [0, 0.1) is 11.8 Å². The molecule has 40 heavy (non-hydrogen) atoms. The number of hydrogen-bond donors (Lipinski definition) is 1. The molecule has 2 amide bonds. The monoisotopic (exact) mass is 553 g/mol. The van der Waals surface area contributed by atoms with Gasteiger partial charge in [0, 0.05) is 64.0 Å². The maximum absolute atomic E-state index is 13.8. The quantitative estimate of drug-likeness (QED) is 0.346. The fourth-order valence-corrected chi connectivity index (χ4v) is 5.13. The second-order valence-electron chi connectivity index (χ2n) is 10.9. The van der Waals surface area contributed by atoms with Crippen LogP contribution in [0.15, 0.2) is 48.5 Å². The molecule has 4 rings (SSSR count). The summed E-state index contributed by atoms with van der Waals surface area (Å²) in [5.41, 5.74) is 0.560. The first-order valence-corrected chi connectivity index (χ1v) is 14.3. The van der Waals surface area contributed by atoms with Crippen molar-refractivity contribution in [2.75, 3.05) is 53.6 Å². The molecule has 1 saturated carbocycles. The van der Waals surface area contributed by atoms with E-state index in [0.717, 1.165) is 32.4 Å². The van der Waals surface area contributed by atoms with E-state index in [2.05, 4.69) is 5.32 Å². The molecule has 0 unspecified atom stereocenters. The zero-order valence-corrected chi connectivity index (χ0v) is 24.1. The van der Waals surface area contributed by atoms with Crippen LogP contribution in [0.25, 0.3) is 0 Å². The number of methoxy groups -OCH3 is 2. The lowest BCUT2D eigenvalue weighted by Gasteiger charge is -2.33. The summed E-state index contributed by atoms with van der Waals surface area (Å²) >= 11 is 0. The lowest BCUT2D eigenvalue weighted by molar-refractivity contribution is 0.0648. The Labute approximate surface area is 237 Å². The number of amides is 2. The predicted octanol–water partition coefficient (Wildman–Crippen LogP) is 4.46. The second-order valence-corrected chi connectivity index (χ2v) is 10.9. The first-order valence-electron chi connectivity index (χ1n) is 14.3. The number of nitrogens with zero attached hydrogens (tertiary/aromatic N) is 2. The fourth-order valence-electron chi connectivity index (χ4n) is 5.13. The largest absolute Gasteiger partial charge is 0.493 e. The molecule has 1 N–H and O–H groups in total. The molecule has 1 heterocycles. The number of rotatable bonds is 14. The molecule has 0 bridgehead atoms. The molecular weight excluding hydrogens is 510 g/mol. The molecule has 1 aliphatic heterocycles. The summed E-state index contributed by atoms with van der Waals surface area (Å²) in [5.74, 6) is 2.07. The van der Waals surface area contributed by atoms with Gasteiger partial charge in [-0.1, -0.05) is 18.2 Å². The Morgan fingerprint density at radius 1 is 0.950 bits per heavy atom. The van der Waals surface area contributed by atoms with Gasteiger partial charge >= 0.3 is 6.09 Å². The third kappa shape index (κ3) is 7.88. The van der Waals surface area contributed by atoms with Gasteiger partial charge in [-0.25, -0.2) is 4.79 Å². The summed E-state index contributed by atoms with van der Waals surface area (Å²) in [7, 11) is 3.25. The Kier molecular flexibility index (Phi) is 10.7.